The molecule has 0 radical (unpaired) electrons. The van der Waals surface area contributed by atoms with Crippen molar-refractivity contribution in [2.45, 2.75) is 25.9 Å². The molecule has 0 saturated carbocycles. The molecule has 6 nitrogen and oxygen atoms in total. The van der Waals surface area contributed by atoms with Crippen LogP contribution in [0, 0.1) is 0 Å². The van der Waals surface area contributed by atoms with Gasteiger partial charge in [-0.1, -0.05) is 6.07 Å². The molecule has 1 N–H and O–H groups in total. The second-order valence-corrected chi connectivity index (χ2v) is 6.27. The van der Waals surface area contributed by atoms with Crippen LogP contribution < -0.4 is 14.8 Å². The summed E-state index contributed by atoms with van der Waals surface area (Å²) in [5.41, 5.74) is 0.933. The third kappa shape index (κ3) is 3.99. The van der Waals surface area contributed by atoms with Gasteiger partial charge in [0.05, 0.1) is 13.7 Å². The van der Waals surface area contributed by atoms with E-state index in [2.05, 4.69) is 17.1 Å². The van der Waals surface area contributed by atoms with E-state index in [0.717, 1.165) is 25.2 Å². The maximum atomic E-state index is 12.9. The van der Waals surface area contributed by atoms with E-state index in [-0.39, 0.29) is 18.0 Å². The second kappa shape index (κ2) is 8.35. The van der Waals surface area contributed by atoms with E-state index in [1.807, 2.05) is 25.1 Å². The highest BCUT2D eigenvalue weighted by Gasteiger charge is 2.33. The molecule has 1 amide bonds. The van der Waals surface area contributed by atoms with Gasteiger partial charge in [0.2, 0.25) is 5.91 Å². The number of rotatable bonds is 6. The molecular formula is C18H29N3O3. The summed E-state index contributed by atoms with van der Waals surface area (Å²) in [6.07, 6.45) is 0. The molecule has 1 aliphatic heterocycles. The predicted molar refractivity (Wildman–Crippen MR) is 94.6 cm³/mol. The molecule has 24 heavy (non-hydrogen) atoms. The summed E-state index contributed by atoms with van der Waals surface area (Å²) in [6, 6.07) is 5.74. The van der Waals surface area contributed by atoms with E-state index in [9.17, 15) is 4.79 Å². The van der Waals surface area contributed by atoms with Crippen molar-refractivity contribution in [1.29, 1.82) is 0 Å². The van der Waals surface area contributed by atoms with Gasteiger partial charge >= 0.3 is 0 Å². The van der Waals surface area contributed by atoms with Gasteiger partial charge in [0.15, 0.2) is 11.5 Å². The van der Waals surface area contributed by atoms with Crippen molar-refractivity contribution in [2.24, 2.45) is 0 Å². The van der Waals surface area contributed by atoms with Gasteiger partial charge in [-0.15, -0.1) is 0 Å². The Hall–Kier alpha value is -1.79. The van der Waals surface area contributed by atoms with Crippen molar-refractivity contribution in [3.8, 4) is 11.5 Å². The summed E-state index contributed by atoms with van der Waals surface area (Å²) in [5, 5.41) is 3.38. The third-order valence-electron chi connectivity index (χ3n) is 4.36. The van der Waals surface area contributed by atoms with Gasteiger partial charge in [-0.2, -0.15) is 0 Å². The average Bonchev–Trinajstić information content (AvgIpc) is 2.57. The SMILES string of the molecule is CCOc1ccc(C(C(=O)N(C)C)N2CCNCC2C)cc1OC. The third-order valence-corrected chi connectivity index (χ3v) is 4.36. The van der Waals surface area contributed by atoms with E-state index in [4.69, 9.17) is 9.47 Å². The molecule has 2 atom stereocenters. The highest BCUT2D eigenvalue weighted by molar-refractivity contribution is 5.83. The number of likely N-dealkylation sites (N-methyl/N-ethyl adjacent to an activating group) is 1. The lowest BCUT2D eigenvalue weighted by Crippen LogP contribution is -2.54. The predicted octanol–water partition coefficient (Wildman–Crippen LogP) is 1.52. The number of carbonyl (C=O) groups is 1. The smallest absolute Gasteiger partial charge is 0.244 e. The van der Waals surface area contributed by atoms with Gasteiger partial charge < -0.3 is 19.7 Å². The Kier molecular flexibility index (Phi) is 6.45. The van der Waals surface area contributed by atoms with E-state index in [1.165, 1.54) is 0 Å². The standard InChI is InChI=1S/C18H29N3O3/c1-6-24-15-8-7-14(11-16(15)23-5)17(18(22)20(3)4)21-10-9-19-12-13(21)2/h7-8,11,13,17,19H,6,9-10,12H2,1-5H3. The Morgan fingerprint density at radius 2 is 2.17 bits per heavy atom. The highest BCUT2D eigenvalue weighted by Crippen LogP contribution is 2.33. The Bertz CT molecular complexity index is 562. The fourth-order valence-electron chi connectivity index (χ4n) is 3.09. The van der Waals surface area contributed by atoms with Gasteiger partial charge in [0.25, 0.3) is 0 Å². The summed E-state index contributed by atoms with van der Waals surface area (Å²) in [7, 11) is 5.22. The summed E-state index contributed by atoms with van der Waals surface area (Å²) >= 11 is 0. The molecule has 134 valence electrons. The van der Waals surface area contributed by atoms with Crippen molar-refractivity contribution in [2.75, 3.05) is 47.4 Å². The van der Waals surface area contributed by atoms with E-state index in [1.54, 1.807) is 26.1 Å². The minimum Gasteiger partial charge on any atom is -0.493 e. The Labute approximate surface area is 144 Å². The van der Waals surface area contributed by atoms with Crippen LogP contribution in [0.15, 0.2) is 18.2 Å². The largest absolute Gasteiger partial charge is 0.493 e. The fraction of sp³-hybridized carbons (Fsp3) is 0.611. The summed E-state index contributed by atoms with van der Waals surface area (Å²) in [5.74, 6) is 1.44. The molecule has 2 rings (SSSR count). The minimum atomic E-state index is -0.318. The zero-order chi connectivity index (χ0) is 17.7. The molecule has 0 spiro atoms. The van der Waals surface area contributed by atoms with Crippen molar-refractivity contribution in [3.05, 3.63) is 23.8 Å². The zero-order valence-corrected chi connectivity index (χ0v) is 15.3. The first-order valence-electron chi connectivity index (χ1n) is 8.48. The number of nitrogens with zero attached hydrogens (tertiary/aromatic N) is 2. The lowest BCUT2D eigenvalue weighted by Gasteiger charge is -2.40. The maximum absolute atomic E-state index is 12.9. The normalized spacial score (nSPS) is 19.6. The molecule has 1 heterocycles. The lowest BCUT2D eigenvalue weighted by atomic mass is 10.00. The van der Waals surface area contributed by atoms with Crippen LogP contribution in [0.25, 0.3) is 0 Å². The fourth-order valence-corrected chi connectivity index (χ4v) is 3.09. The van der Waals surface area contributed by atoms with Crippen LogP contribution in [0.1, 0.15) is 25.5 Å². The van der Waals surface area contributed by atoms with Crippen molar-refractivity contribution >= 4 is 5.91 Å². The number of hydrogen-bond acceptors (Lipinski definition) is 5. The van der Waals surface area contributed by atoms with Gasteiger partial charge in [-0.05, 0) is 31.5 Å². The summed E-state index contributed by atoms with van der Waals surface area (Å²) in [6.45, 7) is 7.26. The number of carbonyl (C=O) groups excluding carboxylic acids is 1. The number of ether oxygens (including phenoxy) is 2. The molecule has 1 aromatic carbocycles. The van der Waals surface area contributed by atoms with Crippen LogP contribution in [0.4, 0.5) is 0 Å². The van der Waals surface area contributed by atoms with Crippen LogP contribution in [0.2, 0.25) is 0 Å². The van der Waals surface area contributed by atoms with Crippen molar-refractivity contribution < 1.29 is 14.3 Å². The number of benzene rings is 1. The number of nitrogens with one attached hydrogen (secondary N) is 1. The number of hydrogen-bond donors (Lipinski definition) is 1. The number of amides is 1. The van der Waals surface area contributed by atoms with Gasteiger partial charge in [-0.3, -0.25) is 9.69 Å². The maximum Gasteiger partial charge on any atom is 0.244 e. The molecule has 1 fully saturated rings. The van der Waals surface area contributed by atoms with Crippen LogP contribution in [0.5, 0.6) is 11.5 Å². The molecular weight excluding hydrogens is 306 g/mol. The van der Waals surface area contributed by atoms with Crippen molar-refractivity contribution in [3.63, 3.8) is 0 Å². The lowest BCUT2D eigenvalue weighted by molar-refractivity contribution is -0.136. The molecule has 0 bridgehead atoms. The molecule has 1 aliphatic rings. The van der Waals surface area contributed by atoms with E-state index < -0.39 is 0 Å². The van der Waals surface area contributed by atoms with Crippen LogP contribution in [0.3, 0.4) is 0 Å². The van der Waals surface area contributed by atoms with Gasteiger partial charge in [0, 0.05) is 39.8 Å². The van der Waals surface area contributed by atoms with Gasteiger partial charge in [0.1, 0.15) is 6.04 Å². The quantitative estimate of drug-likeness (QED) is 0.854. The zero-order valence-electron chi connectivity index (χ0n) is 15.3. The number of piperazine rings is 1. The summed E-state index contributed by atoms with van der Waals surface area (Å²) < 4.78 is 11.1. The molecule has 0 aromatic heterocycles. The van der Waals surface area contributed by atoms with Crippen molar-refractivity contribution in [1.82, 2.24) is 15.1 Å². The summed E-state index contributed by atoms with van der Waals surface area (Å²) in [4.78, 5) is 16.8. The Balaban J connectivity index is 2.41. The first kappa shape index (κ1) is 18.5. The van der Waals surface area contributed by atoms with Crippen LogP contribution in [-0.4, -0.2) is 69.2 Å². The Morgan fingerprint density at radius 1 is 1.42 bits per heavy atom. The monoisotopic (exact) mass is 335 g/mol. The van der Waals surface area contributed by atoms with E-state index in [0.29, 0.717) is 18.1 Å². The second-order valence-electron chi connectivity index (χ2n) is 6.27. The molecule has 2 unspecified atom stereocenters. The average molecular weight is 335 g/mol. The first-order valence-corrected chi connectivity index (χ1v) is 8.48. The molecule has 6 heteroatoms. The molecule has 1 aromatic rings. The van der Waals surface area contributed by atoms with E-state index >= 15 is 0 Å². The molecule has 0 aliphatic carbocycles. The Morgan fingerprint density at radius 3 is 2.75 bits per heavy atom. The molecule has 1 saturated heterocycles. The van der Waals surface area contributed by atoms with Crippen LogP contribution >= 0.6 is 0 Å². The van der Waals surface area contributed by atoms with Crippen LogP contribution in [-0.2, 0) is 4.79 Å². The highest BCUT2D eigenvalue weighted by atomic mass is 16.5. The minimum absolute atomic E-state index is 0.0787. The van der Waals surface area contributed by atoms with Gasteiger partial charge in [-0.25, -0.2) is 0 Å². The first-order chi connectivity index (χ1) is 11.5. The topological polar surface area (TPSA) is 54.0 Å². The number of methoxy groups -OCH3 is 1.